The molecule has 1 aromatic heterocycles. The molecular formula is C17H19F3N2O3. The summed E-state index contributed by atoms with van der Waals surface area (Å²) in [6.07, 6.45) is -0.648. The van der Waals surface area contributed by atoms with E-state index < -0.39 is 29.8 Å². The minimum absolute atomic E-state index is 0.0328. The highest BCUT2D eigenvalue weighted by Gasteiger charge is 2.48. The van der Waals surface area contributed by atoms with E-state index in [1.165, 1.54) is 11.8 Å². The highest BCUT2D eigenvalue weighted by molar-refractivity contribution is 5.98. The highest BCUT2D eigenvalue weighted by Crippen LogP contribution is 2.41. The third kappa shape index (κ3) is 3.21. The molecule has 1 saturated carbocycles. The molecule has 0 spiro atoms. The molecule has 25 heavy (non-hydrogen) atoms. The molecule has 1 saturated heterocycles. The van der Waals surface area contributed by atoms with Gasteiger partial charge in [0.15, 0.2) is 0 Å². The molecule has 0 unspecified atom stereocenters. The number of carbonyl (C=O) groups excluding carboxylic acids is 1. The lowest BCUT2D eigenvalue weighted by Crippen LogP contribution is -2.46. The molecule has 3 rings (SSSR count). The minimum atomic E-state index is -4.59. The number of fused-ring (bicyclic) bond motifs is 1. The van der Waals surface area contributed by atoms with Crippen molar-refractivity contribution < 1.29 is 27.9 Å². The zero-order chi connectivity index (χ0) is 18.4. The molecule has 136 valence electrons. The lowest BCUT2D eigenvalue weighted by atomic mass is 9.84. The van der Waals surface area contributed by atoms with Gasteiger partial charge in [-0.3, -0.25) is 4.79 Å². The SMILES string of the molecule is Cc1nc(C(F)(F)F)ccc1C(=O)N1[C@H](C(=O)O)C[C@@H]2CCCC[C@@H]21. The molecule has 0 aromatic carbocycles. The molecule has 1 aromatic rings. The van der Waals surface area contributed by atoms with Gasteiger partial charge in [-0.2, -0.15) is 13.2 Å². The molecule has 8 heteroatoms. The van der Waals surface area contributed by atoms with Gasteiger partial charge in [0.2, 0.25) is 0 Å². The Morgan fingerprint density at radius 2 is 1.92 bits per heavy atom. The van der Waals surface area contributed by atoms with Crippen LogP contribution < -0.4 is 0 Å². The first-order valence-electron chi connectivity index (χ1n) is 8.30. The van der Waals surface area contributed by atoms with Crippen LogP contribution >= 0.6 is 0 Å². The van der Waals surface area contributed by atoms with E-state index >= 15 is 0 Å². The number of rotatable bonds is 2. The summed E-state index contributed by atoms with van der Waals surface area (Å²) >= 11 is 0. The van der Waals surface area contributed by atoms with Crippen molar-refractivity contribution >= 4 is 11.9 Å². The fourth-order valence-corrected chi connectivity index (χ4v) is 4.06. The van der Waals surface area contributed by atoms with Crippen molar-refractivity contribution in [2.45, 2.75) is 57.3 Å². The number of carboxylic acids is 1. The van der Waals surface area contributed by atoms with E-state index in [2.05, 4.69) is 4.98 Å². The number of hydrogen-bond acceptors (Lipinski definition) is 3. The predicted molar refractivity (Wildman–Crippen MR) is 81.9 cm³/mol. The van der Waals surface area contributed by atoms with Crippen LogP contribution in [0, 0.1) is 12.8 Å². The quantitative estimate of drug-likeness (QED) is 0.883. The van der Waals surface area contributed by atoms with Gasteiger partial charge in [-0.25, -0.2) is 9.78 Å². The smallest absolute Gasteiger partial charge is 0.433 e. The summed E-state index contributed by atoms with van der Waals surface area (Å²) in [6, 6.07) is 0.777. The van der Waals surface area contributed by atoms with Crippen molar-refractivity contribution in [3.8, 4) is 0 Å². The van der Waals surface area contributed by atoms with Crippen LogP contribution in [0.5, 0.6) is 0 Å². The third-order valence-electron chi connectivity index (χ3n) is 5.21. The van der Waals surface area contributed by atoms with Crippen LogP contribution in [-0.4, -0.2) is 39.0 Å². The number of carboxylic acid groups (broad SMARTS) is 1. The van der Waals surface area contributed by atoms with E-state index in [9.17, 15) is 27.9 Å². The van der Waals surface area contributed by atoms with Crippen molar-refractivity contribution in [1.82, 2.24) is 9.88 Å². The molecule has 1 aliphatic heterocycles. The van der Waals surface area contributed by atoms with Gasteiger partial charge in [0.05, 0.1) is 11.3 Å². The number of alkyl halides is 3. The van der Waals surface area contributed by atoms with Crippen LogP contribution in [0.2, 0.25) is 0 Å². The monoisotopic (exact) mass is 356 g/mol. The molecule has 1 aliphatic carbocycles. The van der Waals surface area contributed by atoms with Gasteiger partial charge in [-0.05, 0) is 44.2 Å². The number of carbonyl (C=O) groups is 2. The van der Waals surface area contributed by atoms with Gasteiger partial charge in [-0.15, -0.1) is 0 Å². The van der Waals surface area contributed by atoms with Crippen molar-refractivity contribution in [3.63, 3.8) is 0 Å². The Morgan fingerprint density at radius 1 is 1.24 bits per heavy atom. The molecule has 0 radical (unpaired) electrons. The first-order chi connectivity index (χ1) is 11.7. The first kappa shape index (κ1) is 17.7. The Bertz CT molecular complexity index is 705. The van der Waals surface area contributed by atoms with Crippen LogP contribution in [0.1, 0.15) is 53.8 Å². The average molecular weight is 356 g/mol. The lowest BCUT2D eigenvalue weighted by molar-refractivity contribution is -0.142. The Morgan fingerprint density at radius 3 is 2.52 bits per heavy atom. The van der Waals surface area contributed by atoms with E-state index in [4.69, 9.17) is 0 Å². The summed E-state index contributed by atoms with van der Waals surface area (Å²) < 4.78 is 38.3. The number of halogens is 3. The van der Waals surface area contributed by atoms with Crippen LogP contribution in [0.3, 0.4) is 0 Å². The van der Waals surface area contributed by atoms with Crippen LogP contribution in [0.25, 0.3) is 0 Å². The van der Waals surface area contributed by atoms with Gasteiger partial charge in [-0.1, -0.05) is 12.8 Å². The zero-order valence-electron chi connectivity index (χ0n) is 13.7. The Balaban J connectivity index is 1.94. The Labute approximate surface area is 142 Å². The minimum Gasteiger partial charge on any atom is -0.480 e. The molecule has 2 aliphatic rings. The highest BCUT2D eigenvalue weighted by atomic mass is 19.4. The molecule has 2 heterocycles. The molecule has 1 amide bonds. The summed E-state index contributed by atoms with van der Waals surface area (Å²) in [5, 5.41) is 9.49. The molecule has 2 fully saturated rings. The summed E-state index contributed by atoms with van der Waals surface area (Å²) in [4.78, 5) is 29.4. The molecule has 1 N–H and O–H groups in total. The van der Waals surface area contributed by atoms with E-state index in [1.807, 2.05) is 0 Å². The maximum Gasteiger partial charge on any atom is 0.433 e. The van der Waals surface area contributed by atoms with Crippen LogP contribution in [-0.2, 0) is 11.0 Å². The Hall–Kier alpha value is -2.12. The van der Waals surface area contributed by atoms with Gasteiger partial charge >= 0.3 is 12.1 Å². The van der Waals surface area contributed by atoms with Crippen LogP contribution in [0.4, 0.5) is 13.2 Å². The van der Waals surface area contributed by atoms with E-state index in [1.54, 1.807) is 0 Å². The maximum absolute atomic E-state index is 12.9. The van der Waals surface area contributed by atoms with E-state index in [0.717, 1.165) is 37.8 Å². The third-order valence-corrected chi connectivity index (χ3v) is 5.21. The topological polar surface area (TPSA) is 70.5 Å². The molecule has 0 bridgehead atoms. The van der Waals surface area contributed by atoms with Gasteiger partial charge in [0, 0.05) is 6.04 Å². The molecular weight excluding hydrogens is 337 g/mol. The standard InChI is InChI=1S/C17H19F3N2O3/c1-9-11(6-7-14(21-9)17(18,19)20)15(23)22-12-5-3-2-4-10(12)8-13(22)16(24)25/h6-7,10,12-13H,2-5,8H2,1H3,(H,24,25)/t10-,12-,13-/m0/s1. The second-order valence-electron chi connectivity index (χ2n) is 6.74. The number of amides is 1. The number of aryl methyl sites for hydroxylation is 1. The average Bonchev–Trinajstić information content (AvgIpc) is 2.93. The largest absolute Gasteiger partial charge is 0.480 e. The number of pyridine rings is 1. The second-order valence-corrected chi connectivity index (χ2v) is 6.74. The first-order valence-corrected chi connectivity index (χ1v) is 8.30. The van der Waals surface area contributed by atoms with E-state index in [0.29, 0.717) is 6.42 Å². The number of aromatic nitrogens is 1. The number of hydrogen-bond donors (Lipinski definition) is 1. The summed E-state index contributed by atoms with van der Waals surface area (Å²) in [7, 11) is 0. The van der Waals surface area contributed by atoms with Crippen molar-refractivity contribution in [2.75, 3.05) is 0 Å². The summed E-state index contributed by atoms with van der Waals surface area (Å²) in [5.41, 5.74) is -1.07. The van der Waals surface area contributed by atoms with Gasteiger partial charge in [0.25, 0.3) is 5.91 Å². The Kier molecular flexibility index (Phi) is 4.47. The lowest BCUT2D eigenvalue weighted by Gasteiger charge is -2.33. The number of likely N-dealkylation sites (tertiary alicyclic amines) is 1. The molecule has 5 nitrogen and oxygen atoms in total. The number of nitrogens with zero attached hydrogens (tertiary/aromatic N) is 2. The van der Waals surface area contributed by atoms with Gasteiger partial charge < -0.3 is 10.0 Å². The summed E-state index contributed by atoms with van der Waals surface area (Å²) in [6.45, 7) is 1.34. The normalized spacial score (nSPS) is 26.4. The fourth-order valence-electron chi connectivity index (χ4n) is 4.06. The predicted octanol–water partition coefficient (Wildman–Crippen LogP) is 3.27. The van der Waals surface area contributed by atoms with Gasteiger partial charge in [0.1, 0.15) is 11.7 Å². The summed E-state index contributed by atoms with van der Waals surface area (Å²) in [5.74, 6) is -1.47. The number of aliphatic carboxylic acids is 1. The van der Waals surface area contributed by atoms with Crippen molar-refractivity contribution in [2.24, 2.45) is 5.92 Å². The van der Waals surface area contributed by atoms with Crippen molar-refractivity contribution in [1.29, 1.82) is 0 Å². The molecule has 3 atom stereocenters. The zero-order valence-corrected chi connectivity index (χ0v) is 13.7. The fraction of sp³-hybridized carbons (Fsp3) is 0.588. The van der Waals surface area contributed by atoms with Crippen LogP contribution in [0.15, 0.2) is 12.1 Å². The maximum atomic E-state index is 12.9. The second kappa shape index (κ2) is 6.31. The van der Waals surface area contributed by atoms with Crippen molar-refractivity contribution in [3.05, 3.63) is 29.1 Å². The van der Waals surface area contributed by atoms with E-state index in [-0.39, 0.29) is 23.2 Å².